The first-order valence-corrected chi connectivity index (χ1v) is 3.95. The van der Waals surface area contributed by atoms with Crippen molar-refractivity contribution < 1.29 is 13.6 Å². The summed E-state index contributed by atoms with van der Waals surface area (Å²) in [6, 6.07) is 0. The zero-order chi connectivity index (χ0) is 8.32. The molecule has 11 heavy (non-hydrogen) atoms. The zero-order valence-corrected chi connectivity index (χ0v) is 6.35. The van der Waals surface area contributed by atoms with Gasteiger partial charge in [0.05, 0.1) is 0 Å². The Kier molecular flexibility index (Phi) is 2.58. The summed E-state index contributed by atoms with van der Waals surface area (Å²) in [5.41, 5.74) is 0. The number of rotatable bonds is 4. The van der Waals surface area contributed by atoms with Gasteiger partial charge in [-0.1, -0.05) is 0 Å². The molecule has 1 rings (SSSR count). The van der Waals surface area contributed by atoms with Crippen LogP contribution in [0.3, 0.4) is 0 Å². The molecule has 0 amide bonds. The minimum absolute atomic E-state index is 0.0336. The Morgan fingerprint density at radius 1 is 1.45 bits per heavy atom. The van der Waals surface area contributed by atoms with Gasteiger partial charge in [-0.05, 0) is 18.8 Å². The quantitative estimate of drug-likeness (QED) is 0.458. The normalized spacial score (nSPS) is 22.7. The summed E-state index contributed by atoms with van der Waals surface area (Å²) in [6.07, 6.45) is 2.98. The van der Waals surface area contributed by atoms with Gasteiger partial charge in [-0.15, -0.1) is 0 Å². The number of unbranched alkanes of at least 4 members (excludes halogenated alkanes) is 1. The summed E-state index contributed by atoms with van der Waals surface area (Å²) in [7, 11) is 0. The van der Waals surface area contributed by atoms with E-state index in [9.17, 15) is 13.6 Å². The third-order valence-electron chi connectivity index (χ3n) is 2.11. The van der Waals surface area contributed by atoms with Crippen molar-refractivity contribution in [2.75, 3.05) is 0 Å². The van der Waals surface area contributed by atoms with E-state index >= 15 is 0 Å². The minimum Gasteiger partial charge on any atom is -0.303 e. The second kappa shape index (κ2) is 3.28. The van der Waals surface area contributed by atoms with Crippen molar-refractivity contribution in [3.05, 3.63) is 0 Å². The highest BCUT2D eigenvalue weighted by Crippen LogP contribution is 2.44. The largest absolute Gasteiger partial charge is 0.303 e. The number of aldehydes is 1. The summed E-state index contributed by atoms with van der Waals surface area (Å²) in [4.78, 5) is 9.87. The molecule has 0 heterocycles. The van der Waals surface area contributed by atoms with Crippen LogP contribution in [-0.4, -0.2) is 12.2 Å². The van der Waals surface area contributed by atoms with E-state index in [0.717, 1.165) is 19.1 Å². The second-order valence-corrected chi connectivity index (χ2v) is 3.23. The van der Waals surface area contributed by atoms with Crippen LogP contribution in [0, 0.1) is 5.92 Å². The topological polar surface area (TPSA) is 17.1 Å². The lowest BCUT2D eigenvalue weighted by Gasteiger charge is -2.34. The molecule has 1 aliphatic carbocycles. The summed E-state index contributed by atoms with van der Waals surface area (Å²) >= 11 is 0. The van der Waals surface area contributed by atoms with Crippen LogP contribution in [0.2, 0.25) is 0 Å². The molecule has 0 aromatic carbocycles. The van der Waals surface area contributed by atoms with Gasteiger partial charge in [0.2, 0.25) is 5.92 Å². The van der Waals surface area contributed by atoms with Crippen LogP contribution in [0.5, 0.6) is 0 Å². The summed E-state index contributed by atoms with van der Waals surface area (Å²) in [5.74, 6) is -2.23. The molecule has 1 saturated carbocycles. The van der Waals surface area contributed by atoms with Crippen molar-refractivity contribution in [3.8, 4) is 0 Å². The molecule has 0 aliphatic heterocycles. The van der Waals surface area contributed by atoms with Crippen LogP contribution in [0.25, 0.3) is 0 Å². The summed E-state index contributed by atoms with van der Waals surface area (Å²) < 4.78 is 24.5. The molecule has 0 radical (unpaired) electrons. The zero-order valence-electron chi connectivity index (χ0n) is 6.35. The molecule has 0 N–H and O–H groups in total. The molecule has 0 aromatic rings. The maximum atomic E-state index is 12.2. The van der Waals surface area contributed by atoms with Gasteiger partial charge < -0.3 is 4.79 Å². The summed E-state index contributed by atoms with van der Waals surface area (Å²) in [6.45, 7) is 0. The fourth-order valence-corrected chi connectivity index (χ4v) is 1.48. The van der Waals surface area contributed by atoms with E-state index in [4.69, 9.17) is 0 Å². The molecule has 3 heteroatoms. The Morgan fingerprint density at radius 3 is 2.55 bits per heavy atom. The third kappa shape index (κ3) is 2.56. The number of halogens is 2. The predicted molar refractivity (Wildman–Crippen MR) is 37.6 cm³/mol. The van der Waals surface area contributed by atoms with E-state index in [1.165, 1.54) is 0 Å². The fourth-order valence-electron chi connectivity index (χ4n) is 1.48. The first kappa shape index (κ1) is 8.62. The van der Waals surface area contributed by atoms with Crippen LogP contribution in [0.15, 0.2) is 0 Å². The van der Waals surface area contributed by atoms with Gasteiger partial charge in [-0.25, -0.2) is 8.78 Å². The number of hydrogen-bond acceptors (Lipinski definition) is 1. The molecule has 1 aliphatic rings. The van der Waals surface area contributed by atoms with Gasteiger partial charge in [-0.2, -0.15) is 0 Å². The van der Waals surface area contributed by atoms with Crippen molar-refractivity contribution in [2.45, 2.75) is 38.0 Å². The molecular weight excluding hydrogens is 150 g/mol. The smallest absolute Gasteiger partial charge is 0.248 e. The molecule has 0 unspecified atom stereocenters. The first-order valence-electron chi connectivity index (χ1n) is 3.95. The van der Waals surface area contributed by atoms with Gasteiger partial charge in [-0.3, -0.25) is 0 Å². The van der Waals surface area contributed by atoms with Crippen LogP contribution in [0.4, 0.5) is 8.78 Å². The van der Waals surface area contributed by atoms with Crippen LogP contribution in [-0.2, 0) is 4.79 Å². The predicted octanol–water partition coefficient (Wildman–Crippen LogP) is 2.40. The van der Waals surface area contributed by atoms with Gasteiger partial charge >= 0.3 is 0 Å². The average Bonchev–Trinajstić information content (AvgIpc) is 1.84. The molecular formula is C8H12F2O. The monoisotopic (exact) mass is 162 g/mol. The maximum absolute atomic E-state index is 12.2. The lowest BCUT2D eigenvalue weighted by molar-refractivity contribution is -0.113. The Bertz CT molecular complexity index is 137. The average molecular weight is 162 g/mol. The van der Waals surface area contributed by atoms with Gasteiger partial charge in [0, 0.05) is 19.3 Å². The van der Waals surface area contributed by atoms with Crippen LogP contribution in [0.1, 0.15) is 32.1 Å². The Balaban J connectivity index is 2.00. The standard InChI is InChI=1S/C8H12F2O/c9-8(10)5-7(6-8)3-1-2-4-11/h4,7H,1-3,5-6H2. The lowest BCUT2D eigenvalue weighted by Crippen LogP contribution is -2.35. The molecule has 0 atom stereocenters. The first-order chi connectivity index (χ1) is 5.14. The Morgan fingerprint density at radius 2 is 2.09 bits per heavy atom. The number of carbonyl (C=O) groups excluding carboxylic acids is 1. The van der Waals surface area contributed by atoms with E-state index in [2.05, 4.69) is 0 Å². The molecule has 0 bridgehead atoms. The number of carbonyl (C=O) groups is 1. The van der Waals surface area contributed by atoms with Gasteiger partial charge in [0.1, 0.15) is 6.29 Å². The Hall–Kier alpha value is -0.470. The minimum atomic E-state index is -2.40. The molecule has 1 fully saturated rings. The Labute approximate surface area is 64.8 Å². The SMILES string of the molecule is O=CCCCC1CC(F)(F)C1. The maximum Gasteiger partial charge on any atom is 0.248 e. The number of alkyl halides is 2. The lowest BCUT2D eigenvalue weighted by atomic mass is 9.78. The van der Waals surface area contributed by atoms with Crippen LogP contribution < -0.4 is 0 Å². The van der Waals surface area contributed by atoms with Crippen LogP contribution >= 0.6 is 0 Å². The second-order valence-electron chi connectivity index (χ2n) is 3.23. The van der Waals surface area contributed by atoms with E-state index in [0.29, 0.717) is 6.42 Å². The molecule has 64 valence electrons. The highest BCUT2D eigenvalue weighted by molar-refractivity contribution is 5.48. The van der Waals surface area contributed by atoms with Crippen molar-refractivity contribution in [2.24, 2.45) is 5.92 Å². The van der Waals surface area contributed by atoms with Crippen molar-refractivity contribution >= 4 is 6.29 Å². The molecule has 1 nitrogen and oxygen atoms in total. The molecule has 0 saturated heterocycles. The van der Waals surface area contributed by atoms with E-state index in [1.54, 1.807) is 0 Å². The molecule has 0 aromatic heterocycles. The van der Waals surface area contributed by atoms with Gasteiger partial charge in [0.25, 0.3) is 0 Å². The highest BCUT2D eigenvalue weighted by atomic mass is 19.3. The van der Waals surface area contributed by atoms with E-state index < -0.39 is 5.92 Å². The van der Waals surface area contributed by atoms with E-state index in [1.807, 2.05) is 0 Å². The number of hydrogen-bond donors (Lipinski definition) is 0. The fraction of sp³-hybridized carbons (Fsp3) is 0.875. The molecule has 0 spiro atoms. The van der Waals surface area contributed by atoms with Crippen molar-refractivity contribution in [3.63, 3.8) is 0 Å². The van der Waals surface area contributed by atoms with Crippen molar-refractivity contribution in [1.82, 2.24) is 0 Å². The summed E-state index contributed by atoms with van der Waals surface area (Å²) in [5, 5.41) is 0. The highest BCUT2D eigenvalue weighted by Gasteiger charge is 2.44. The van der Waals surface area contributed by atoms with Gasteiger partial charge in [0.15, 0.2) is 0 Å². The third-order valence-corrected chi connectivity index (χ3v) is 2.11. The van der Waals surface area contributed by atoms with E-state index in [-0.39, 0.29) is 18.8 Å². The van der Waals surface area contributed by atoms with Crippen molar-refractivity contribution in [1.29, 1.82) is 0 Å².